The van der Waals surface area contributed by atoms with E-state index in [1.165, 1.54) is 17.5 Å². The van der Waals surface area contributed by atoms with Crippen LogP contribution in [0.4, 0.5) is 0 Å². The summed E-state index contributed by atoms with van der Waals surface area (Å²) in [6.07, 6.45) is 6.57. The number of piperidine rings is 1. The number of aryl methyl sites for hydroxylation is 1. The van der Waals surface area contributed by atoms with Crippen LogP contribution in [0.5, 0.6) is 0 Å². The van der Waals surface area contributed by atoms with Crippen LogP contribution in [0.25, 0.3) is 0 Å². The van der Waals surface area contributed by atoms with Crippen molar-refractivity contribution in [3.05, 3.63) is 35.4 Å². The van der Waals surface area contributed by atoms with E-state index < -0.39 is 0 Å². The zero-order valence-electron chi connectivity index (χ0n) is 19.7. The molecular formula is C25H39N5O2. The van der Waals surface area contributed by atoms with Gasteiger partial charge in [0.1, 0.15) is 6.54 Å². The van der Waals surface area contributed by atoms with Gasteiger partial charge in [0.15, 0.2) is 5.96 Å². The molecule has 7 heteroatoms. The number of aliphatic imine (C=N–C) groups is 1. The molecule has 2 N–H and O–H groups in total. The highest BCUT2D eigenvalue weighted by Gasteiger charge is 2.25. The molecule has 0 saturated carbocycles. The van der Waals surface area contributed by atoms with Crippen molar-refractivity contribution in [2.75, 3.05) is 53.5 Å². The highest BCUT2D eigenvalue weighted by molar-refractivity contribution is 5.85. The van der Waals surface area contributed by atoms with Crippen molar-refractivity contribution in [2.45, 2.75) is 50.6 Å². The average Bonchev–Trinajstić information content (AvgIpc) is 3.31. The minimum absolute atomic E-state index is 0.0219. The van der Waals surface area contributed by atoms with Crippen LogP contribution in [0.1, 0.15) is 36.8 Å². The Morgan fingerprint density at radius 2 is 1.84 bits per heavy atom. The van der Waals surface area contributed by atoms with Gasteiger partial charge < -0.3 is 25.2 Å². The summed E-state index contributed by atoms with van der Waals surface area (Å²) in [7, 11) is 3.56. The van der Waals surface area contributed by atoms with Gasteiger partial charge in [-0.15, -0.1) is 0 Å². The SMILES string of the molecule is CN(C)C(=O)CN=C(NC1CCN(CC2CCOC2)CC1)NC1CCc2ccccc2C1. The number of likely N-dealkylation sites (N-methyl/N-ethyl adjacent to an activating group) is 1. The van der Waals surface area contributed by atoms with E-state index in [1.54, 1.807) is 19.0 Å². The third-order valence-electron chi connectivity index (χ3n) is 7.03. The van der Waals surface area contributed by atoms with Gasteiger partial charge in [-0.1, -0.05) is 24.3 Å². The smallest absolute Gasteiger partial charge is 0.243 e. The van der Waals surface area contributed by atoms with Gasteiger partial charge in [0.05, 0.1) is 6.61 Å². The Bertz CT molecular complexity index is 782. The quantitative estimate of drug-likeness (QED) is 0.519. The molecule has 7 nitrogen and oxygen atoms in total. The van der Waals surface area contributed by atoms with E-state index in [4.69, 9.17) is 4.74 Å². The van der Waals surface area contributed by atoms with Crippen LogP contribution in [-0.2, 0) is 22.4 Å². The van der Waals surface area contributed by atoms with E-state index in [-0.39, 0.29) is 12.5 Å². The van der Waals surface area contributed by atoms with E-state index in [9.17, 15) is 4.79 Å². The number of carbonyl (C=O) groups excluding carboxylic acids is 1. The number of hydrogen-bond acceptors (Lipinski definition) is 4. The zero-order valence-corrected chi connectivity index (χ0v) is 19.7. The van der Waals surface area contributed by atoms with Crippen molar-refractivity contribution in [1.82, 2.24) is 20.4 Å². The number of rotatable bonds is 6. The van der Waals surface area contributed by atoms with Crippen molar-refractivity contribution in [3.8, 4) is 0 Å². The van der Waals surface area contributed by atoms with Crippen LogP contribution >= 0.6 is 0 Å². The summed E-state index contributed by atoms with van der Waals surface area (Å²) in [6, 6.07) is 9.44. The van der Waals surface area contributed by atoms with E-state index in [0.29, 0.717) is 18.0 Å². The first kappa shape index (κ1) is 23.1. The lowest BCUT2D eigenvalue weighted by atomic mass is 9.88. The molecule has 4 rings (SSSR count). The summed E-state index contributed by atoms with van der Waals surface area (Å²) in [5.74, 6) is 1.51. The molecule has 2 saturated heterocycles. The lowest BCUT2D eigenvalue weighted by Gasteiger charge is -2.35. The van der Waals surface area contributed by atoms with Crippen molar-refractivity contribution in [2.24, 2.45) is 10.9 Å². The predicted molar refractivity (Wildman–Crippen MR) is 128 cm³/mol. The molecule has 0 bridgehead atoms. The molecular weight excluding hydrogens is 402 g/mol. The second kappa shape index (κ2) is 11.1. The first-order valence-corrected chi connectivity index (χ1v) is 12.2. The average molecular weight is 442 g/mol. The molecule has 2 unspecified atom stereocenters. The highest BCUT2D eigenvalue weighted by Crippen LogP contribution is 2.21. The van der Waals surface area contributed by atoms with Crippen LogP contribution in [0, 0.1) is 5.92 Å². The fraction of sp³-hybridized carbons (Fsp3) is 0.680. The molecule has 1 aromatic rings. The van der Waals surface area contributed by atoms with Crippen molar-refractivity contribution < 1.29 is 9.53 Å². The molecule has 0 spiro atoms. The van der Waals surface area contributed by atoms with E-state index in [1.807, 2.05) is 0 Å². The van der Waals surface area contributed by atoms with Gasteiger partial charge in [0.25, 0.3) is 0 Å². The maximum Gasteiger partial charge on any atom is 0.243 e. The topological polar surface area (TPSA) is 69.2 Å². The number of guanidine groups is 1. The van der Waals surface area contributed by atoms with Gasteiger partial charge in [-0.25, -0.2) is 4.99 Å². The summed E-state index contributed by atoms with van der Waals surface area (Å²) < 4.78 is 5.54. The lowest BCUT2D eigenvalue weighted by molar-refractivity contribution is -0.127. The lowest BCUT2D eigenvalue weighted by Crippen LogP contribution is -2.52. The van der Waals surface area contributed by atoms with Crippen molar-refractivity contribution in [1.29, 1.82) is 0 Å². The Labute approximate surface area is 192 Å². The van der Waals surface area contributed by atoms with Crippen LogP contribution in [-0.4, -0.2) is 87.2 Å². The number of nitrogens with zero attached hydrogens (tertiary/aromatic N) is 3. The number of carbonyl (C=O) groups is 1. The van der Waals surface area contributed by atoms with Crippen LogP contribution < -0.4 is 10.6 Å². The maximum atomic E-state index is 12.1. The van der Waals surface area contributed by atoms with Crippen LogP contribution in [0.15, 0.2) is 29.3 Å². The molecule has 32 heavy (non-hydrogen) atoms. The Morgan fingerprint density at radius 3 is 2.56 bits per heavy atom. The van der Waals surface area contributed by atoms with E-state index in [0.717, 1.165) is 70.9 Å². The number of amides is 1. The number of fused-ring (bicyclic) bond motifs is 1. The van der Waals surface area contributed by atoms with Crippen molar-refractivity contribution in [3.63, 3.8) is 0 Å². The molecule has 0 aromatic heterocycles. The number of benzene rings is 1. The molecule has 2 fully saturated rings. The van der Waals surface area contributed by atoms with Gasteiger partial charge in [-0.3, -0.25) is 4.79 Å². The number of ether oxygens (including phenoxy) is 1. The van der Waals surface area contributed by atoms with Crippen molar-refractivity contribution >= 4 is 11.9 Å². The highest BCUT2D eigenvalue weighted by atomic mass is 16.5. The number of nitrogens with one attached hydrogen (secondary N) is 2. The molecule has 1 aromatic carbocycles. The summed E-state index contributed by atoms with van der Waals surface area (Å²) in [5, 5.41) is 7.30. The third-order valence-corrected chi connectivity index (χ3v) is 7.03. The Balaban J connectivity index is 1.32. The normalized spacial score (nSPS) is 24.8. The molecule has 0 radical (unpaired) electrons. The molecule has 1 aliphatic carbocycles. The first-order chi connectivity index (χ1) is 15.6. The molecule has 2 heterocycles. The first-order valence-electron chi connectivity index (χ1n) is 12.2. The summed E-state index contributed by atoms with van der Waals surface area (Å²) in [4.78, 5) is 21.0. The minimum atomic E-state index is 0.0219. The summed E-state index contributed by atoms with van der Waals surface area (Å²) in [5.41, 5.74) is 2.88. The van der Waals surface area contributed by atoms with Crippen LogP contribution in [0.2, 0.25) is 0 Å². The zero-order chi connectivity index (χ0) is 22.3. The fourth-order valence-electron chi connectivity index (χ4n) is 4.98. The Hall–Kier alpha value is -2.12. The van der Waals surface area contributed by atoms with Gasteiger partial charge in [0, 0.05) is 52.4 Å². The van der Waals surface area contributed by atoms with Gasteiger partial charge >= 0.3 is 0 Å². The predicted octanol–water partition coefficient (Wildman–Crippen LogP) is 1.67. The minimum Gasteiger partial charge on any atom is -0.381 e. The molecule has 3 aliphatic rings. The van der Waals surface area contributed by atoms with Gasteiger partial charge in [0.2, 0.25) is 5.91 Å². The largest absolute Gasteiger partial charge is 0.381 e. The molecule has 1 amide bonds. The Kier molecular flexibility index (Phi) is 8.03. The fourth-order valence-corrected chi connectivity index (χ4v) is 4.98. The van der Waals surface area contributed by atoms with E-state index >= 15 is 0 Å². The monoisotopic (exact) mass is 441 g/mol. The summed E-state index contributed by atoms with van der Waals surface area (Å²) >= 11 is 0. The molecule has 2 atom stereocenters. The second-order valence-electron chi connectivity index (χ2n) is 9.75. The van der Waals surface area contributed by atoms with Gasteiger partial charge in [-0.2, -0.15) is 0 Å². The number of hydrogen-bond donors (Lipinski definition) is 2. The van der Waals surface area contributed by atoms with E-state index in [2.05, 4.69) is 44.8 Å². The molecule has 176 valence electrons. The second-order valence-corrected chi connectivity index (χ2v) is 9.75. The molecule has 2 aliphatic heterocycles. The Morgan fingerprint density at radius 1 is 1.09 bits per heavy atom. The van der Waals surface area contributed by atoms with Crippen LogP contribution in [0.3, 0.4) is 0 Å². The standard InChI is InChI=1S/C25H39N5O2/c1-29(2)24(31)16-26-25(28-23-8-7-20-5-3-4-6-21(20)15-23)27-22-9-12-30(13-10-22)17-19-11-14-32-18-19/h3-6,19,22-23H,7-18H2,1-2H3,(H2,26,27,28). The summed E-state index contributed by atoms with van der Waals surface area (Å²) in [6.45, 7) is 5.38. The van der Waals surface area contributed by atoms with Gasteiger partial charge in [-0.05, 0) is 55.6 Å². The third kappa shape index (κ3) is 6.45. The maximum absolute atomic E-state index is 12.1. The number of likely N-dealkylation sites (tertiary alicyclic amines) is 1.